The number of nitrogens with one attached hydrogen (secondary N) is 1. The van der Waals surface area contributed by atoms with Gasteiger partial charge in [0.2, 0.25) is 0 Å². The first-order valence-corrected chi connectivity index (χ1v) is 4.58. The molecule has 1 N–H and O–H groups in total. The molecule has 0 bridgehead atoms. The first-order valence-electron chi connectivity index (χ1n) is 3.50. The Balaban J connectivity index is 2.89. The second kappa shape index (κ2) is 3.06. The summed E-state index contributed by atoms with van der Waals surface area (Å²) in [5.74, 6) is -0.346. The number of aromatic amines is 1. The van der Waals surface area contributed by atoms with E-state index in [2.05, 4.69) is 10.2 Å². The number of halogens is 2. The van der Waals surface area contributed by atoms with Crippen molar-refractivity contribution in [3.05, 3.63) is 27.2 Å². The van der Waals surface area contributed by atoms with Gasteiger partial charge in [-0.15, -0.1) is 0 Å². The molecule has 0 saturated heterocycles. The normalized spacial score (nSPS) is 10.6. The second-order valence-electron chi connectivity index (χ2n) is 2.54. The fourth-order valence-electron chi connectivity index (χ4n) is 1.18. The highest BCUT2D eigenvalue weighted by atomic mass is 127. The van der Waals surface area contributed by atoms with E-state index in [9.17, 15) is 9.18 Å². The average Bonchev–Trinajstić information content (AvgIpc) is 2.47. The lowest BCUT2D eigenvalue weighted by atomic mass is 10.2. The molecule has 0 aliphatic carbocycles. The summed E-state index contributed by atoms with van der Waals surface area (Å²) in [7, 11) is 0. The molecule has 2 aromatic rings. The number of H-pyrrole nitrogens is 1. The fraction of sp³-hybridized carbons (Fsp3) is 0. The zero-order chi connectivity index (χ0) is 9.42. The van der Waals surface area contributed by atoms with Crippen LogP contribution >= 0.6 is 22.6 Å². The van der Waals surface area contributed by atoms with Crippen molar-refractivity contribution in [3.63, 3.8) is 0 Å². The molecule has 1 aromatic heterocycles. The van der Waals surface area contributed by atoms with Gasteiger partial charge in [-0.25, -0.2) is 4.39 Å². The van der Waals surface area contributed by atoms with Gasteiger partial charge < -0.3 is 0 Å². The fourth-order valence-corrected chi connectivity index (χ4v) is 2.04. The third-order valence-electron chi connectivity index (χ3n) is 1.72. The molecular formula is C8H4FIN2O. The molecule has 0 spiro atoms. The standard InChI is InChI=1S/C8H4FIN2O/c9-4-1-5(10)8-6(2-4)11-12-7(8)3-13/h1-3H,(H,11,12). The number of fused-ring (bicyclic) bond motifs is 1. The van der Waals surface area contributed by atoms with E-state index in [0.717, 1.165) is 0 Å². The average molecular weight is 290 g/mol. The van der Waals surface area contributed by atoms with E-state index in [4.69, 9.17) is 0 Å². The zero-order valence-corrected chi connectivity index (χ0v) is 8.50. The van der Waals surface area contributed by atoms with Crippen LogP contribution in [0.3, 0.4) is 0 Å². The molecule has 2 rings (SSSR count). The smallest absolute Gasteiger partial charge is 0.168 e. The van der Waals surface area contributed by atoms with Crippen molar-refractivity contribution in [1.82, 2.24) is 10.2 Å². The van der Waals surface area contributed by atoms with Gasteiger partial charge in [-0.2, -0.15) is 5.10 Å². The van der Waals surface area contributed by atoms with Gasteiger partial charge in [-0.3, -0.25) is 9.89 Å². The highest BCUT2D eigenvalue weighted by Gasteiger charge is 2.09. The molecule has 3 nitrogen and oxygen atoms in total. The first kappa shape index (κ1) is 8.61. The van der Waals surface area contributed by atoms with Crippen molar-refractivity contribution < 1.29 is 9.18 Å². The second-order valence-corrected chi connectivity index (χ2v) is 3.70. The predicted molar refractivity (Wildman–Crippen MR) is 54.2 cm³/mol. The topological polar surface area (TPSA) is 45.8 Å². The molecule has 0 fully saturated rings. The van der Waals surface area contributed by atoms with E-state index in [0.29, 0.717) is 26.5 Å². The number of aromatic nitrogens is 2. The van der Waals surface area contributed by atoms with Crippen molar-refractivity contribution in [2.75, 3.05) is 0 Å². The maximum Gasteiger partial charge on any atom is 0.168 e. The van der Waals surface area contributed by atoms with E-state index in [1.807, 2.05) is 22.6 Å². The largest absolute Gasteiger partial charge is 0.296 e. The van der Waals surface area contributed by atoms with Gasteiger partial charge in [0.05, 0.1) is 5.52 Å². The van der Waals surface area contributed by atoms with Gasteiger partial charge in [-0.1, -0.05) is 0 Å². The van der Waals surface area contributed by atoms with Crippen molar-refractivity contribution >= 4 is 39.8 Å². The molecular weight excluding hydrogens is 286 g/mol. The van der Waals surface area contributed by atoms with Crippen molar-refractivity contribution in [2.24, 2.45) is 0 Å². The van der Waals surface area contributed by atoms with Gasteiger partial charge in [-0.05, 0) is 28.7 Å². The summed E-state index contributed by atoms with van der Waals surface area (Å²) >= 11 is 1.97. The van der Waals surface area contributed by atoms with Gasteiger partial charge >= 0.3 is 0 Å². The van der Waals surface area contributed by atoms with Crippen molar-refractivity contribution in [1.29, 1.82) is 0 Å². The first-order chi connectivity index (χ1) is 6.22. The Kier molecular flexibility index (Phi) is 2.03. The van der Waals surface area contributed by atoms with Gasteiger partial charge in [0.25, 0.3) is 0 Å². The highest BCUT2D eigenvalue weighted by molar-refractivity contribution is 14.1. The number of aldehydes is 1. The number of nitrogens with zero attached hydrogens (tertiary/aromatic N) is 1. The molecule has 13 heavy (non-hydrogen) atoms. The minimum atomic E-state index is -0.346. The van der Waals surface area contributed by atoms with Crippen LogP contribution in [0.1, 0.15) is 10.5 Å². The minimum Gasteiger partial charge on any atom is -0.296 e. The Hall–Kier alpha value is -0.980. The van der Waals surface area contributed by atoms with Crippen LogP contribution in [-0.4, -0.2) is 16.5 Å². The van der Waals surface area contributed by atoms with Crippen molar-refractivity contribution in [2.45, 2.75) is 0 Å². The number of carbonyl (C=O) groups is 1. The lowest BCUT2D eigenvalue weighted by Gasteiger charge is -1.93. The summed E-state index contributed by atoms with van der Waals surface area (Å²) in [5, 5.41) is 7.03. The van der Waals surface area contributed by atoms with Gasteiger partial charge in [0.1, 0.15) is 11.5 Å². The molecule has 0 aliphatic rings. The summed E-state index contributed by atoms with van der Waals surface area (Å²) < 4.78 is 13.5. The number of hydrogen-bond donors (Lipinski definition) is 1. The molecule has 0 amide bonds. The van der Waals surface area contributed by atoms with Crippen LogP contribution in [-0.2, 0) is 0 Å². The molecule has 66 valence electrons. The molecule has 0 radical (unpaired) electrons. The lowest BCUT2D eigenvalue weighted by molar-refractivity contribution is 0.112. The van der Waals surface area contributed by atoms with Crippen LogP contribution in [0.15, 0.2) is 12.1 Å². The van der Waals surface area contributed by atoms with E-state index in [1.165, 1.54) is 12.1 Å². The Bertz CT molecular complexity index is 480. The molecule has 0 atom stereocenters. The quantitative estimate of drug-likeness (QED) is 0.646. The summed E-state index contributed by atoms with van der Waals surface area (Å²) in [5.41, 5.74) is 0.867. The van der Waals surface area contributed by atoms with Crippen LogP contribution in [0.5, 0.6) is 0 Å². The van der Waals surface area contributed by atoms with Gasteiger partial charge in [0.15, 0.2) is 6.29 Å². The van der Waals surface area contributed by atoms with Crippen LogP contribution in [0, 0.1) is 9.39 Å². The number of benzene rings is 1. The molecule has 1 aromatic carbocycles. The SMILES string of the molecule is O=Cc1[nH]nc2cc(F)cc(I)c12. The Labute approximate surface area is 86.5 Å². The van der Waals surface area contributed by atoms with E-state index < -0.39 is 0 Å². The van der Waals surface area contributed by atoms with Crippen LogP contribution < -0.4 is 0 Å². The van der Waals surface area contributed by atoms with E-state index in [-0.39, 0.29) is 5.82 Å². The molecule has 5 heteroatoms. The van der Waals surface area contributed by atoms with Crippen LogP contribution in [0.25, 0.3) is 10.9 Å². The molecule has 0 aliphatic heterocycles. The van der Waals surface area contributed by atoms with E-state index in [1.54, 1.807) is 0 Å². The Morgan fingerprint density at radius 3 is 3.00 bits per heavy atom. The highest BCUT2D eigenvalue weighted by Crippen LogP contribution is 2.22. The zero-order valence-electron chi connectivity index (χ0n) is 6.34. The molecule has 1 heterocycles. The lowest BCUT2D eigenvalue weighted by Crippen LogP contribution is -1.83. The molecule has 0 unspecified atom stereocenters. The van der Waals surface area contributed by atoms with Crippen LogP contribution in [0.2, 0.25) is 0 Å². The number of carbonyl (C=O) groups excluding carboxylic acids is 1. The van der Waals surface area contributed by atoms with Gasteiger partial charge in [0, 0.05) is 15.0 Å². The Morgan fingerprint density at radius 2 is 2.31 bits per heavy atom. The number of rotatable bonds is 1. The predicted octanol–water partition coefficient (Wildman–Crippen LogP) is 2.12. The monoisotopic (exact) mass is 290 g/mol. The minimum absolute atomic E-state index is 0.346. The summed E-state index contributed by atoms with van der Waals surface area (Å²) in [6.45, 7) is 0. The number of hydrogen-bond acceptors (Lipinski definition) is 2. The molecule has 0 saturated carbocycles. The maximum absolute atomic E-state index is 12.9. The van der Waals surface area contributed by atoms with Crippen molar-refractivity contribution in [3.8, 4) is 0 Å². The summed E-state index contributed by atoms with van der Waals surface area (Å²) in [6, 6.07) is 2.66. The maximum atomic E-state index is 12.9. The summed E-state index contributed by atoms with van der Waals surface area (Å²) in [4.78, 5) is 10.6. The van der Waals surface area contributed by atoms with E-state index >= 15 is 0 Å². The van der Waals surface area contributed by atoms with Crippen LogP contribution in [0.4, 0.5) is 4.39 Å². The third kappa shape index (κ3) is 1.32. The Morgan fingerprint density at radius 1 is 1.54 bits per heavy atom. The summed E-state index contributed by atoms with van der Waals surface area (Å²) in [6.07, 6.45) is 0.676. The third-order valence-corrected chi connectivity index (χ3v) is 2.57.